The molecule has 0 saturated heterocycles. The van der Waals surface area contributed by atoms with E-state index in [1.807, 2.05) is 4.90 Å². The maximum absolute atomic E-state index is 11.9. The maximum atomic E-state index is 11.9. The summed E-state index contributed by atoms with van der Waals surface area (Å²) >= 11 is 5.86. The van der Waals surface area contributed by atoms with Crippen molar-refractivity contribution in [3.05, 3.63) is 49.7 Å². The van der Waals surface area contributed by atoms with Crippen LogP contribution in [0.25, 0.3) is 11.1 Å². The smallest absolute Gasteiger partial charge is 0.250 e. The minimum absolute atomic E-state index is 0.364. The highest BCUT2D eigenvalue weighted by Gasteiger charge is 2.26. The molecule has 0 bridgehead atoms. The SMILES string of the molecule is CCCN(CCC)c1c(-c2ccc(Cl)cc2)c(=O)c1=O. The van der Waals surface area contributed by atoms with Gasteiger partial charge in [0.15, 0.2) is 0 Å². The molecular weight excluding hydrogens is 274 g/mol. The van der Waals surface area contributed by atoms with Gasteiger partial charge in [-0.05, 0) is 30.5 Å². The summed E-state index contributed by atoms with van der Waals surface area (Å²) in [5.41, 5.74) is 1.12. The van der Waals surface area contributed by atoms with E-state index in [0.29, 0.717) is 16.3 Å². The molecule has 3 nitrogen and oxygen atoms in total. The molecule has 2 aromatic carbocycles. The molecule has 0 saturated carbocycles. The van der Waals surface area contributed by atoms with Crippen molar-refractivity contribution in [3.63, 3.8) is 0 Å². The van der Waals surface area contributed by atoms with Crippen molar-refractivity contribution in [1.82, 2.24) is 0 Å². The van der Waals surface area contributed by atoms with Crippen molar-refractivity contribution in [3.8, 4) is 11.1 Å². The van der Waals surface area contributed by atoms with E-state index in [0.717, 1.165) is 31.5 Å². The molecule has 0 amide bonds. The molecular formula is C16H18ClNO2. The summed E-state index contributed by atoms with van der Waals surface area (Å²) in [5, 5.41) is 0.618. The first-order valence-electron chi connectivity index (χ1n) is 6.94. The lowest BCUT2D eigenvalue weighted by Crippen LogP contribution is -2.42. The van der Waals surface area contributed by atoms with Crippen LogP contribution in [0.1, 0.15) is 26.7 Å². The number of halogens is 1. The Hall–Kier alpha value is -1.61. The fourth-order valence-corrected chi connectivity index (χ4v) is 2.57. The van der Waals surface area contributed by atoms with Crippen LogP contribution in [-0.2, 0) is 0 Å². The zero-order valence-corrected chi connectivity index (χ0v) is 12.5. The van der Waals surface area contributed by atoms with Crippen LogP contribution in [0, 0.1) is 0 Å². The molecule has 0 aliphatic carbocycles. The van der Waals surface area contributed by atoms with Gasteiger partial charge in [0.2, 0.25) is 10.9 Å². The third-order valence-electron chi connectivity index (χ3n) is 3.32. The Morgan fingerprint density at radius 1 is 0.950 bits per heavy atom. The summed E-state index contributed by atoms with van der Waals surface area (Å²) in [4.78, 5) is 25.9. The van der Waals surface area contributed by atoms with Crippen LogP contribution in [0.2, 0.25) is 5.02 Å². The molecule has 20 heavy (non-hydrogen) atoms. The number of hydrogen-bond donors (Lipinski definition) is 0. The van der Waals surface area contributed by atoms with Crippen molar-refractivity contribution in [2.45, 2.75) is 26.7 Å². The van der Waals surface area contributed by atoms with Crippen LogP contribution in [0.5, 0.6) is 0 Å². The molecule has 2 rings (SSSR count). The van der Waals surface area contributed by atoms with E-state index in [9.17, 15) is 9.59 Å². The predicted molar refractivity (Wildman–Crippen MR) is 84.6 cm³/mol. The third kappa shape index (κ3) is 2.63. The molecule has 0 radical (unpaired) electrons. The molecule has 0 aliphatic heterocycles. The molecule has 106 valence electrons. The number of nitrogens with zero attached hydrogens (tertiary/aromatic N) is 1. The Kier molecular flexibility index (Phi) is 4.61. The van der Waals surface area contributed by atoms with Gasteiger partial charge in [-0.1, -0.05) is 37.6 Å². The van der Waals surface area contributed by atoms with Gasteiger partial charge < -0.3 is 4.90 Å². The summed E-state index contributed by atoms with van der Waals surface area (Å²) in [6.07, 6.45) is 1.89. The van der Waals surface area contributed by atoms with E-state index in [2.05, 4.69) is 13.8 Å². The van der Waals surface area contributed by atoms with Gasteiger partial charge in [0.25, 0.3) is 0 Å². The lowest BCUT2D eigenvalue weighted by Gasteiger charge is -2.26. The predicted octanol–water partition coefficient (Wildman–Crippen LogP) is 3.23. The van der Waals surface area contributed by atoms with Crippen LogP contribution >= 0.6 is 11.6 Å². The first-order valence-corrected chi connectivity index (χ1v) is 7.32. The molecule has 0 spiro atoms. The second-order valence-electron chi connectivity index (χ2n) is 4.88. The summed E-state index contributed by atoms with van der Waals surface area (Å²) in [6.45, 7) is 5.71. The van der Waals surface area contributed by atoms with Gasteiger partial charge in [-0.15, -0.1) is 0 Å². The highest BCUT2D eigenvalue weighted by atomic mass is 35.5. The zero-order valence-electron chi connectivity index (χ0n) is 11.8. The third-order valence-corrected chi connectivity index (χ3v) is 3.57. The van der Waals surface area contributed by atoms with E-state index >= 15 is 0 Å². The average Bonchev–Trinajstić information content (AvgIpc) is 2.45. The van der Waals surface area contributed by atoms with Crippen LogP contribution in [0.3, 0.4) is 0 Å². The Morgan fingerprint density at radius 2 is 1.50 bits per heavy atom. The van der Waals surface area contributed by atoms with Crippen LogP contribution in [0.15, 0.2) is 33.9 Å². The van der Waals surface area contributed by atoms with Gasteiger partial charge in [-0.2, -0.15) is 0 Å². The Labute approximate surface area is 123 Å². The van der Waals surface area contributed by atoms with Gasteiger partial charge in [0.05, 0.1) is 5.56 Å². The van der Waals surface area contributed by atoms with E-state index in [4.69, 9.17) is 11.6 Å². The quantitative estimate of drug-likeness (QED) is 0.767. The fourth-order valence-electron chi connectivity index (χ4n) is 2.44. The fraction of sp³-hybridized carbons (Fsp3) is 0.375. The number of hydrogen-bond acceptors (Lipinski definition) is 3. The Bertz CT molecular complexity index is 648. The summed E-state index contributed by atoms with van der Waals surface area (Å²) in [6, 6.07) is 7.05. The molecule has 2 aromatic rings. The molecule has 0 unspecified atom stereocenters. The zero-order chi connectivity index (χ0) is 14.7. The van der Waals surface area contributed by atoms with Gasteiger partial charge in [-0.25, -0.2) is 0 Å². The topological polar surface area (TPSA) is 37.4 Å². The van der Waals surface area contributed by atoms with E-state index < -0.39 is 0 Å². The van der Waals surface area contributed by atoms with Crippen molar-refractivity contribution < 1.29 is 0 Å². The summed E-state index contributed by atoms with van der Waals surface area (Å²) in [5.74, 6) is 0. The lowest BCUT2D eigenvalue weighted by atomic mass is 9.97. The highest BCUT2D eigenvalue weighted by Crippen LogP contribution is 2.28. The van der Waals surface area contributed by atoms with Crippen molar-refractivity contribution in [1.29, 1.82) is 0 Å². The Balaban J connectivity index is 2.45. The van der Waals surface area contributed by atoms with Gasteiger partial charge in [-0.3, -0.25) is 9.59 Å². The summed E-state index contributed by atoms with van der Waals surface area (Å²) < 4.78 is 0. The minimum Gasteiger partial charge on any atom is -0.368 e. The molecule has 0 aromatic heterocycles. The number of benzene rings is 1. The molecule has 0 atom stereocenters. The monoisotopic (exact) mass is 291 g/mol. The second kappa shape index (κ2) is 6.23. The molecule has 4 heteroatoms. The molecule has 0 heterocycles. The first-order chi connectivity index (χ1) is 9.60. The Morgan fingerprint density at radius 3 is 2.00 bits per heavy atom. The molecule has 0 aliphatic rings. The molecule has 0 N–H and O–H groups in total. The van der Waals surface area contributed by atoms with Crippen molar-refractivity contribution in [2.75, 3.05) is 18.0 Å². The first kappa shape index (κ1) is 14.8. The lowest BCUT2D eigenvalue weighted by molar-refractivity contribution is 0.740. The largest absolute Gasteiger partial charge is 0.368 e. The minimum atomic E-state index is -0.389. The highest BCUT2D eigenvalue weighted by molar-refractivity contribution is 6.30. The average molecular weight is 292 g/mol. The van der Waals surface area contributed by atoms with Gasteiger partial charge in [0.1, 0.15) is 5.69 Å². The maximum Gasteiger partial charge on any atom is 0.250 e. The summed E-state index contributed by atoms with van der Waals surface area (Å²) in [7, 11) is 0. The van der Waals surface area contributed by atoms with Crippen LogP contribution in [-0.4, -0.2) is 13.1 Å². The second-order valence-corrected chi connectivity index (χ2v) is 5.31. The number of anilines is 1. The standard InChI is InChI=1S/C16H18ClNO2/c1-3-9-18(10-4-2)14-13(15(19)16(14)20)11-5-7-12(17)8-6-11/h5-8H,3-4,9-10H2,1-2H3. The van der Waals surface area contributed by atoms with Crippen molar-refractivity contribution in [2.24, 2.45) is 0 Å². The number of rotatable bonds is 6. The normalized spacial score (nSPS) is 10.9. The van der Waals surface area contributed by atoms with E-state index in [1.165, 1.54) is 0 Å². The molecule has 0 fully saturated rings. The van der Waals surface area contributed by atoms with E-state index in [-0.39, 0.29) is 10.9 Å². The van der Waals surface area contributed by atoms with E-state index in [1.54, 1.807) is 24.3 Å². The van der Waals surface area contributed by atoms with Gasteiger partial charge >= 0.3 is 0 Å². The van der Waals surface area contributed by atoms with Gasteiger partial charge in [0, 0.05) is 18.1 Å². The van der Waals surface area contributed by atoms with Crippen LogP contribution in [0.4, 0.5) is 5.69 Å². The van der Waals surface area contributed by atoms with Crippen molar-refractivity contribution >= 4 is 17.3 Å². The van der Waals surface area contributed by atoms with Crippen LogP contribution < -0.4 is 15.8 Å².